The fraction of sp³-hybridized carbons (Fsp3) is 0.600. The molecule has 2 aliphatic rings. The minimum absolute atomic E-state index is 0.0100. The molecular weight excluding hydrogens is 306 g/mol. The van der Waals surface area contributed by atoms with E-state index < -0.39 is 0 Å². The van der Waals surface area contributed by atoms with Gasteiger partial charge in [0.05, 0.1) is 18.8 Å². The Morgan fingerprint density at radius 2 is 2.18 bits per heavy atom. The maximum Gasteiger partial charge on any atom is 0.255 e. The van der Waals surface area contributed by atoms with E-state index in [0.717, 1.165) is 32.6 Å². The number of amides is 1. The first-order valence-corrected chi connectivity index (χ1v) is 7.89. The number of halogens is 1. The van der Waals surface area contributed by atoms with Crippen molar-refractivity contribution in [3.63, 3.8) is 0 Å². The van der Waals surface area contributed by atoms with E-state index in [1.165, 1.54) is 6.20 Å². The van der Waals surface area contributed by atoms with E-state index >= 15 is 0 Å². The second kappa shape index (κ2) is 6.81. The number of pyridine rings is 1. The molecule has 0 saturated carbocycles. The third kappa shape index (κ3) is 3.51. The van der Waals surface area contributed by atoms with Gasteiger partial charge in [-0.15, -0.1) is 0 Å². The number of aromatic nitrogens is 1. The van der Waals surface area contributed by atoms with Crippen LogP contribution in [0.25, 0.3) is 0 Å². The third-order valence-corrected chi connectivity index (χ3v) is 4.28. The number of piperazine rings is 1. The highest BCUT2D eigenvalue weighted by Gasteiger charge is 2.23. The average Bonchev–Trinajstić information content (AvgIpc) is 3.02. The minimum Gasteiger partial charge on any atom is -0.471 e. The van der Waals surface area contributed by atoms with Gasteiger partial charge in [-0.2, -0.15) is 0 Å². The predicted molar refractivity (Wildman–Crippen MR) is 82.5 cm³/mol. The van der Waals surface area contributed by atoms with Crippen molar-refractivity contribution in [1.29, 1.82) is 0 Å². The number of carbonyl (C=O) groups excluding carboxylic acids is 1. The molecule has 0 bridgehead atoms. The smallest absolute Gasteiger partial charge is 0.255 e. The molecule has 3 rings (SSSR count). The van der Waals surface area contributed by atoms with E-state index in [1.54, 1.807) is 6.07 Å². The summed E-state index contributed by atoms with van der Waals surface area (Å²) in [7, 11) is 2.05. The summed E-state index contributed by atoms with van der Waals surface area (Å²) >= 11 is 6.21. The molecule has 0 N–H and O–H groups in total. The Morgan fingerprint density at radius 1 is 1.41 bits per heavy atom. The van der Waals surface area contributed by atoms with E-state index in [-0.39, 0.29) is 12.0 Å². The zero-order valence-electron chi connectivity index (χ0n) is 12.6. The molecule has 0 spiro atoms. The molecule has 1 unspecified atom stereocenters. The Hall–Kier alpha value is -1.37. The van der Waals surface area contributed by atoms with Gasteiger partial charge in [-0.3, -0.25) is 4.79 Å². The minimum atomic E-state index is -0.0294. The summed E-state index contributed by atoms with van der Waals surface area (Å²) < 4.78 is 11.0. The first-order valence-electron chi connectivity index (χ1n) is 7.51. The Balaban J connectivity index is 1.66. The SMILES string of the molecule is CN1CCN(C(=O)c2cnc(OC3CCOC3)c(Cl)c2)CC1. The average molecular weight is 326 g/mol. The predicted octanol–water partition coefficient (Wildman–Crippen LogP) is 1.29. The highest BCUT2D eigenvalue weighted by atomic mass is 35.5. The second-order valence-electron chi connectivity index (χ2n) is 5.71. The van der Waals surface area contributed by atoms with Gasteiger partial charge in [-0.05, 0) is 13.1 Å². The van der Waals surface area contributed by atoms with Gasteiger partial charge in [0.15, 0.2) is 0 Å². The zero-order valence-corrected chi connectivity index (χ0v) is 13.4. The molecule has 2 fully saturated rings. The van der Waals surface area contributed by atoms with Crippen molar-refractivity contribution >= 4 is 17.5 Å². The molecule has 120 valence electrons. The lowest BCUT2D eigenvalue weighted by Gasteiger charge is -2.32. The van der Waals surface area contributed by atoms with Crippen LogP contribution in [0, 0.1) is 0 Å². The molecule has 3 heterocycles. The van der Waals surface area contributed by atoms with Crippen molar-refractivity contribution in [2.45, 2.75) is 12.5 Å². The van der Waals surface area contributed by atoms with E-state index in [4.69, 9.17) is 21.1 Å². The summed E-state index contributed by atoms with van der Waals surface area (Å²) in [5.74, 6) is 0.338. The molecule has 6 nitrogen and oxygen atoms in total. The van der Waals surface area contributed by atoms with Crippen LogP contribution < -0.4 is 4.74 Å². The summed E-state index contributed by atoms with van der Waals surface area (Å²) in [6, 6.07) is 1.64. The third-order valence-electron chi connectivity index (χ3n) is 4.01. The number of carbonyl (C=O) groups is 1. The van der Waals surface area contributed by atoms with Crippen LogP contribution in [0.1, 0.15) is 16.8 Å². The van der Waals surface area contributed by atoms with Crippen molar-refractivity contribution in [2.24, 2.45) is 0 Å². The summed E-state index contributed by atoms with van der Waals surface area (Å²) in [6.45, 7) is 4.48. The molecule has 0 aromatic carbocycles. The fourth-order valence-corrected chi connectivity index (χ4v) is 2.80. The van der Waals surface area contributed by atoms with Gasteiger partial charge in [0.25, 0.3) is 5.91 Å². The summed E-state index contributed by atoms with van der Waals surface area (Å²) in [6.07, 6.45) is 2.36. The van der Waals surface area contributed by atoms with Gasteiger partial charge in [-0.1, -0.05) is 11.6 Å². The van der Waals surface area contributed by atoms with Crippen molar-refractivity contribution in [2.75, 3.05) is 46.4 Å². The van der Waals surface area contributed by atoms with Crippen LogP contribution in [0.2, 0.25) is 5.02 Å². The van der Waals surface area contributed by atoms with Crippen LogP contribution in [-0.4, -0.2) is 73.2 Å². The Bertz CT molecular complexity index is 541. The zero-order chi connectivity index (χ0) is 15.5. The molecule has 22 heavy (non-hydrogen) atoms. The topological polar surface area (TPSA) is 54.9 Å². The Morgan fingerprint density at radius 3 is 2.82 bits per heavy atom. The van der Waals surface area contributed by atoms with Gasteiger partial charge in [-0.25, -0.2) is 4.98 Å². The van der Waals surface area contributed by atoms with Gasteiger partial charge < -0.3 is 19.3 Å². The highest BCUT2D eigenvalue weighted by molar-refractivity contribution is 6.32. The van der Waals surface area contributed by atoms with Gasteiger partial charge >= 0.3 is 0 Å². The fourth-order valence-electron chi connectivity index (χ4n) is 2.58. The summed E-state index contributed by atoms with van der Waals surface area (Å²) in [5, 5.41) is 0.367. The normalized spacial score (nSPS) is 22.8. The summed E-state index contributed by atoms with van der Waals surface area (Å²) in [4.78, 5) is 20.7. The van der Waals surface area contributed by atoms with Crippen molar-refractivity contribution in [3.05, 3.63) is 22.8 Å². The van der Waals surface area contributed by atoms with Crippen molar-refractivity contribution < 1.29 is 14.3 Å². The molecule has 1 aromatic heterocycles. The van der Waals surface area contributed by atoms with Crippen LogP contribution in [-0.2, 0) is 4.74 Å². The number of rotatable bonds is 3. The maximum absolute atomic E-state index is 12.5. The van der Waals surface area contributed by atoms with Crippen LogP contribution in [0.5, 0.6) is 5.88 Å². The number of likely N-dealkylation sites (N-methyl/N-ethyl adjacent to an activating group) is 1. The van der Waals surface area contributed by atoms with Crippen LogP contribution in [0.15, 0.2) is 12.3 Å². The Kier molecular flexibility index (Phi) is 4.81. The molecule has 0 radical (unpaired) electrons. The number of hydrogen-bond acceptors (Lipinski definition) is 5. The van der Waals surface area contributed by atoms with Crippen molar-refractivity contribution in [1.82, 2.24) is 14.8 Å². The largest absolute Gasteiger partial charge is 0.471 e. The lowest BCUT2D eigenvalue weighted by atomic mass is 10.2. The molecule has 2 aliphatic heterocycles. The Labute approximate surface area is 135 Å². The molecule has 1 atom stereocenters. The van der Waals surface area contributed by atoms with E-state index in [2.05, 4.69) is 16.9 Å². The standard InChI is InChI=1S/C15H20ClN3O3/c1-18-3-5-19(6-4-18)15(20)11-8-13(16)14(17-9-11)22-12-2-7-21-10-12/h8-9,12H,2-7,10H2,1H3. The number of hydrogen-bond donors (Lipinski definition) is 0. The monoisotopic (exact) mass is 325 g/mol. The van der Waals surface area contributed by atoms with E-state index in [1.807, 2.05) is 4.90 Å². The van der Waals surface area contributed by atoms with Gasteiger partial charge in [0.1, 0.15) is 11.1 Å². The first-order chi connectivity index (χ1) is 10.6. The van der Waals surface area contributed by atoms with Crippen LogP contribution >= 0.6 is 11.6 Å². The molecule has 0 aliphatic carbocycles. The summed E-state index contributed by atoms with van der Waals surface area (Å²) in [5.41, 5.74) is 0.504. The lowest BCUT2D eigenvalue weighted by molar-refractivity contribution is 0.0663. The van der Waals surface area contributed by atoms with Crippen molar-refractivity contribution in [3.8, 4) is 5.88 Å². The molecule has 7 heteroatoms. The number of nitrogens with zero attached hydrogens (tertiary/aromatic N) is 3. The van der Waals surface area contributed by atoms with Gasteiger partial charge in [0.2, 0.25) is 5.88 Å². The second-order valence-corrected chi connectivity index (χ2v) is 6.12. The lowest BCUT2D eigenvalue weighted by Crippen LogP contribution is -2.47. The first kappa shape index (κ1) is 15.5. The molecule has 1 aromatic rings. The van der Waals surface area contributed by atoms with Crippen LogP contribution in [0.4, 0.5) is 0 Å². The number of ether oxygens (including phenoxy) is 2. The highest BCUT2D eigenvalue weighted by Crippen LogP contribution is 2.25. The molecule has 1 amide bonds. The van der Waals surface area contributed by atoms with Gasteiger partial charge in [0, 0.05) is 38.8 Å². The molecule has 2 saturated heterocycles. The van der Waals surface area contributed by atoms with Crippen LogP contribution in [0.3, 0.4) is 0 Å². The molecular formula is C15H20ClN3O3. The van der Waals surface area contributed by atoms with E-state index in [0.29, 0.717) is 29.7 Å². The van der Waals surface area contributed by atoms with E-state index in [9.17, 15) is 4.79 Å². The quantitative estimate of drug-likeness (QED) is 0.838. The maximum atomic E-state index is 12.5.